The number of hydrogen-bond donors (Lipinski definition) is 1. The molecule has 106 valence electrons. The molecule has 6 heteroatoms. The lowest BCUT2D eigenvalue weighted by Crippen LogP contribution is -2.34. The van der Waals surface area contributed by atoms with Gasteiger partial charge in [-0.1, -0.05) is 12.7 Å². The SMILES string of the molecule is C=C(C)OC(=O)N1CC=C(c2cc(C(=O)O)cs2)CC1. The number of rotatable bonds is 3. The van der Waals surface area contributed by atoms with Crippen molar-refractivity contribution in [2.24, 2.45) is 0 Å². The lowest BCUT2D eigenvalue weighted by Gasteiger charge is -2.25. The lowest BCUT2D eigenvalue weighted by molar-refractivity contribution is 0.0697. The molecule has 20 heavy (non-hydrogen) atoms. The van der Waals surface area contributed by atoms with Crippen LogP contribution in [0.1, 0.15) is 28.6 Å². The predicted octanol–water partition coefficient (Wildman–Crippen LogP) is 3.21. The summed E-state index contributed by atoms with van der Waals surface area (Å²) in [4.78, 5) is 25.1. The van der Waals surface area contributed by atoms with Crippen molar-refractivity contribution >= 4 is 29.0 Å². The Morgan fingerprint density at radius 2 is 2.25 bits per heavy atom. The first-order valence-corrected chi connectivity index (χ1v) is 6.99. The number of allylic oxidation sites excluding steroid dienone is 1. The quantitative estimate of drug-likeness (QED) is 0.869. The van der Waals surface area contributed by atoms with Gasteiger partial charge in [0.05, 0.1) is 11.3 Å². The van der Waals surface area contributed by atoms with Gasteiger partial charge in [-0.15, -0.1) is 11.3 Å². The summed E-state index contributed by atoms with van der Waals surface area (Å²) in [6, 6.07) is 1.67. The first-order valence-electron chi connectivity index (χ1n) is 6.11. The van der Waals surface area contributed by atoms with Gasteiger partial charge >= 0.3 is 12.1 Å². The molecule has 0 atom stereocenters. The maximum absolute atomic E-state index is 11.7. The summed E-state index contributed by atoms with van der Waals surface area (Å²) in [7, 11) is 0. The van der Waals surface area contributed by atoms with Crippen LogP contribution in [0.2, 0.25) is 0 Å². The molecular weight excluding hydrogens is 278 g/mol. The topological polar surface area (TPSA) is 66.8 Å². The molecule has 1 aliphatic rings. The number of carbonyl (C=O) groups is 2. The third kappa shape index (κ3) is 3.27. The number of hydrogen-bond acceptors (Lipinski definition) is 4. The fraction of sp³-hybridized carbons (Fsp3) is 0.286. The molecular formula is C14H15NO4S. The maximum Gasteiger partial charge on any atom is 0.415 e. The monoisotopic (exact) mass is 293 g/mol. The van der Waals surface area contributed by atoms with Crippen molar-refractivity contribution in [1.29, 1.82) is 0 Å². The van der Waals surface area contributed by atoms with Crippen LogP contribution in [-0.4, -0.2) is 35.2 Å². The minimum atomic E-state index is -0.921. The molecule has 0 spiro atoms. The van der Waals surface area contributed by atoms with Crippen LogP contribution >= 0.6 is 11.3 Å². The van der Waals surface area contributed by atoms with Crippen molar-refractivity contribution in [1.82, 2.24) is 4.90 Å². The lowest BCUT2D eigenvalue weighted by atomic mass is 10.1. The minimum Gasteiger partial charge on any atom is -0.478 e. The highest BCUT2D eigenvalue weighted by Crippen LogP contribution is 2.28. The number of thiophene rings is 1. The smallest absolute Gasteiger partial charge is 0.415 e. The van der Waals surface area contributed by atoms with Crippen molar-refractivity contribution in [2.75, 3.05) is 13.1 Å². The number of carboxylic acids is 1. The van der Waals surface area contributed by atoms with Crippen LogP contribution in [0.25, 0.3) is 5.57 Å². The van der Waals surface area contributed by atoms with Crippen LogP contribution in [0, 0.1) is 0 Å². The summed E-state index contributed by atoms with van der Waals surface area (Å²) in [5.41, 5.74) is 1.37. The molecule has 0 aliphatic carbocycles. The molecule has 2 rings (SSSR count). The molecule has 1 N–H and O–H groups in total. The Hall–Kier alpha value is -2.08. The van der Waals surface area contributed by atoms with Crippen molar-refractivity contribution in [3.8, 4) is 0 Å². The van der Waals surface area contributed by atoms with Crippen LogP contribution < -0.4 is 0 Å². The van der Waals surface area contributed by atoms with E-state index in [-0.39, 0.29) is 0 Å². The number of carbonyl (C=O) groups excluding carboxylic acids is 1. The van der Waals surface area contributed by atoms with Crippen molar-refractivity contribution in [3.63, 3.8) is 0 Å². The van der Waals surface area contributed by atoms with Gasteiger partial charge in [0, 0.05) is 23.3 Å². The van der Waals surface area contributed by atoms with E-state index in [2.05, 4.69) is 6.58 Å². The average molecular weight is 293 g/mol. The van der Waals surface area contributed by atoms with Crippen molar-refractivity contribution in [3.05, 3.63) is 40.3 Å². The Bertz CT molecular complexity index is 588. The van der Waals surface area contributed by atoms with E-state index in [9.17, 15) is 9.59 Å². The molecule has 0 unspecified atom stereocenters. The molecule has 0 saturated carbocycles. The average Bonchev–Trinajstić information content (AvgIpc) is 2.88. The Balaban J connectivity index is 2.03. The van der Waals surface area contributed by atoms with Gasteiger partial charge in [-0.05, 0) is 25.0 Å². The number of amides is 1. The molecule has 0 fully saturated rings. The highest BCUT2D eigenvalue weighted by Gasteiger charge is 2.20. The second kappa shape index (κ2) is 5.92. The summed E-state index contributed by atoms with van der Waals surface area (Å²) in [6.45, 7) is 6.17. The van der Waals surface area contributed by atoms with E-state index in [0.29, 0.717) is 30.8 Å². The summed E-state index contributed by atoms with van der Waals surface area (Å²) in [6.07, 6.45) is 2.22. The standard InChI is InChI=1S/C14H15NO4S/c1-9(2)19-14(18)15-5-3-10(4-6-15)12-7-11(8-20-12)13(16)17/h3,7-8H,1,4-6H2,2H3,(H,16,17). The fourth-order valence-electron chi connectivity index (χ4n) is 1.89. The highest BCUT2D eigenvalue weighted by molar-refractivity contribution is 7.11. The number of carboxylic acid groups (broad SMARTS) is 1. The molecule has 5 nitrogen and oxygen atoms in total. The van der Waals surface area contributed by atoms with E-state index >= 15 is 0 Å². The summed E-state index contributed by atoms with van der Waals surface area (Å²) >= 11 is 1.41. The molecule has 0 radical (unpaired) electrons. The molecule has 1 aliphatic heterocycles. The number of ether oxygens (including phenoxy) is 1. The summed E-state index contributed by atoms with van der Waals surface area (Å²) < 4.78 is 4.95. The van der Waals surface area contributed by atoms with Crippen molar-refractivity contribution < 1.29 is 19.4 Å². The van der Waals surface area contributed by atoms with Crippen LogP contribution in [0.15, 0.2) is 29.9 Å². The van der Waals surface area contributed by atoms with Crippen LogP contribution in [0.5, 0.6) is 0 Å². The predicted molar refractivity (Wildman–Crippen MR) is 76.7 cm³/mol. The third-order valence-corrected chi connectivity index (χ3v) is 3.90. The van der Waals surface area contributed by atoms with Gasteiger partial charge in [-0.25, -0.2) is 9.59 Å². The molecule has 1 aromatic heterocycles. The molecule has 1 amide bonds. The van der Waals surface area contributed by atoms with E-state index in [1.165, 1.54) is 11.3 Å². The first kappa shape index (κ1) is 14.3. The highest BCUT2D eigenvalue weighted by atomic mass is 32.1. The Morgan fingerprint density at radius 3 is 2.75 bits per heavy atom. The van der Waals surface area contributed by atoms with Crippen LogP contribution in [-0.2, 0) is 4.74 Å². The number of nitrogens with zero attached hydrogens (tertiary/aromatic N) is 1. The van der Waals surface area contributed by atoms with E-state index in [4.69, 9.17) is 9.84 Å². The van der Waals surface area contributed by atoms with Gasteiger partial charge in [0.15, 0.2) is 0 Å². The van der Waals surface area contributed by atoms with Gasteiger partial charge < -0.3 is 14.7 Å². The fourth-order valence-corrected chi connectivity index (χ4v) is 2.84. The van der Waals surface area contributed by atoms with Gasteiger partial charge in [-0.2, -0.15) is 0 Å². The summed E-state index contributed by atoms with van der Waals surface area (Å²) in [5.74, 6) is -0.551. The number of aromatic carboxylic acids is 1. The third-order valence-electron chi connectivity index (χ3n) is 2.89. The maximum atomic E-state index is 11.7. The van der Waals surface area contributed by atoms with Crippen LogP contribution in [0.3, 0.4) is 0 Å². The molecule has 1 aromatic rings. The van der Waals surface area contributed by atoms with Gasteiger partial charge in [0.2, 0.25) is 0 Å². The first-order chi connectivity index (χ1) is 9.47. The molecule has 0 aromatic carbocycles. The Kier molecular flexibility index (Phi) is 4.24. The van der Waals surface area contributed by atoms with Crippen molar-refractivity contribution in [2.45, 2.75) is 13.3 Å². The summed E-state index contributed by atoms with van der Waals surface area (Å²) in [5, 5.41) is 10.5. The van der Waals surface area contributed by atoms with E-state index in [1.807, 2.05) is 6.08 Å². The van der Waals surface area contributed by atoms with Gasteiger partial charge in [0.25, 0.3) is 0 Å². The molecule has 0 bridgehead atoms. The zero-order valence-corrected chi connectivity index (χ0v) is 11.9. The minimum absolute atomic E-state index is 0.301. The molecule has 2 heterocycles. The van der Waals surface area contributed by atoms with E-state index < -0.39 is 12.1 Å². The van der Waals surface area contributed by atoms with Gasteiger partial charge in [-0.3, -0.25) is 0 Å². The Labute approximate surface area is 120 Å². The second-order valence-corrected chi connectivity index (χ2v) is 5.41. The van der Waals surface area contributed by atoms with E-state index in [1.54, 1.807) is 23.3 Å². The van der Waals surface area contributed by atoms with Crippen LogP contribution in [0.4, 0.5) is 4.79 Å². The largest absolute Gasteiger partial charge is 0.478 e. The zero-order chi connectivity index (χ0) is 14.7. The van der Waals surface area contributed by atoms with Gasteiger partial charge in [0.1, 0.15) is 0 Å². The normalized spacial score (nSPS) is 14.7. The zero-order valence-electron chi connectivity index (χ0n) is 11.1. The molecule has 0 saturated heterocycles. The second-order valence-electron chi connectivity index (χ2n) is 4.50. The Morgan fingerprint density at radius 1 is 1.50 bits per heavy atom. The van der Waals surface area contributed by atoms with E-state index in [0.717, 1.165) is 10.5 Å².